The van der Waals surface area contributed by atoms with Gasteiger partial charge in [-0.05, 0) is 29.8 Å². The Balaban J connectivity index is 1.77. The first kappa shape index (κ1) is 19.5. The topological polar surface area (TPSA) is 91.7 Å². The minimum absolute atomic E-state index is 0.117. The molecule has 1 aliphatic heterocycles. The molecule has 0 unspecified atom stereocenters. The normalized spacial score (nSPS) is 15.2. The highest BCUT2D eigenvalue weighted by Crippen LogP contribution is 2.39. The molecule has 0 radical (unpaired) electrons. The Bertz CT molecular complexity index is 1100. The largest absolute Gasteiger partial charge is 0.497 e. The zero-order valence-electron chi connectivity index (χ0n) is 16.8. The number of ether oxygens (including phenoxy) is 3. The molecule has 2 heterocycles. The van der Waals surface area contributed by atoms with Crippen molar-refractivity contribution in [1.82, 2.24) is 9.55 Å². The standard InChI is InChI=1S/C22H21N3O5/c1-28-15-8-9-18(29-2)17(10-15)25-12-23-20-16(11-19(26)24-21(20)25)13-4-6-14(7-5-13)22(27)30-3/h4-10,12,16H,11H2,1-3H3,(H,24,26)/t16-/m1/s1. The van der Waals surface area contributed by atoms with Gasteiger partial charge in [0.2, 0.25) is 5.91 Å². The molecule has 2 aromatic carbocycles. The molecule has 0 bridgehead atoms. The van der Waals surface area contributed by atoms with Crippen LogP contribution in [0.3, 0.4) is 0 Å². The van der Waals surface area contributed by atoms with E-state index in [0.717, 1.165) is 11.3 Å². The number of nitrogens with zero attached hydrogens (tertiary/aromatic N) is 2. The zero-order valence-corrected chi connectivity index (χ0v) is 16.8. The lowest BCUT2D eigenvalue weighted by Gasteiger charge is -2.24. The van der Waals surface area contributed by atoms with Crippen molar-refractivity contribution in [3.63, 3.8) is 0 Å². The number of imidazole rings is 1. The predicted octanol–water partition coefficient (Wildman–Crippen LogP) is 3.15. The third kappa shape index (κ3) is 3.36. The maximum atomic E-state index is 12.5. The van der Waals surface area contributed by atoms with Crippen molar-refractivity contribution in [2.75, 3.05) is 26.6 Å². The fourth-order valence-corrected chi connectivity index (χ4v) is 3.62. The van der Waals surface area contributed by atoms with Gasteiger partial charge in [0, 0.05) is 18.4 Å². The maximum Gasteiger partial charge on any atom is 0.337 e. The molecule has 1 atom stereocenters. The van der Waals surface area contributed by atoms with Crippen LogP contribution in [0.4, 0.5) is 5.82 Å². The van der Waals surface area contributed by atoms with Gasteiger partial charge < -0.3 is 19.5 Å². The van der Waals surface area contributed by atoms with Crippen molar-refractivity contribution in [3.8, 4) is 17.2 Å². The minimum atomic E-state index is -0.405. The third-order valence-corrected chi connectivity index (χ3v) is 5.15. The number of rotatable bonds is 5. The average Bonchev–Trinajstić information content (AvgIpc) is 3.21. The molecule has 0 saturated heterocycles. The van der Waals surface area contributed by atoms with Crippen molar-refractivity contribution in [2.45, 2.75) is 12.3 Å². The van der Waals surface area contributed by atoms with Gasteiger partial charge >= 0.3 is 5.97 Å². The molecule has 1 aromatic heterocycles. The van der Waals surface area contributed by atoms with Crippen molar-refractivity contribution >= 4 is 17.7 Å². The number of amides is 1. The van der Waals surface area contributed by atoms with E-state index in [1.54, 1.807) is 49.4 Å². The molecule has 1 amide bonds. The van der Waals surface area contributed by atoms with Crippen LogP contribution in [0.25, 0.3) is 5.69 Å². The van der Waals surface area contributed by atoms with Gasteiger partial charge in [0.05, 0.1) is 38.3 Å². The summed E-state index contributed by atoms with van der Waals surface area (Å²) in [5.74, 6) is 1.10. The summed E-state index contributed by atoms with van der Waals surface area (Å²) in [6.07, 6.45) is 1.92. The second-order valence-electron chi connectivity index (χ2n) is 6.80. The monoisotopic (exact) mass is 407 g/mol. The van der Waals surface area contributed by atoms with Gasteiger partial charge in [0.1, 0.15) is 23.6 Å². The Labute approximate surface area is 173 Å². The van der Waals surface area contributed by atoms with Crippen LogP contribution in [-0.2, 0) is 9.53 Å². The number of methoxy groups -OCH3 is 3. The van der Waals surface area contributed by atoms with Gasteiger partial charge in [-0.25, -0.2) is 9.78 Å². The second-order valence-corrected chi connectivity index (χ2v) is 6.80. The number of carbonyl (C=O) groups is 2. The fraction of sp³-hybridized carbons (Fsp3) is 0.227. The number of hydrogen-bond donors (Lipinski definition) is 1. The van der Waals surface area contributed by atoms with Gasteiger partial charge in [-0.2, -0.15) is 0 Å². The van der Waals surface area contributed by atoms with Crippen LogP contribution in [0.15, 0.2) is 48.8 Å². The SMILES string of the molecule is COC(=O)c1ccc([C@H]2CC(=O)Nc3c2ncn3-c2cc(OC)ccc2OC)cc1. The highest BCUT2D eigenvalue weighted by atomic mass is 16.5. The lowest BCUT2D eigenvalue weighted by Crippen LogP contribution is -2.25. The second kappa shape index (κ2) is 7.90. The lowest BCUT2D eigenvalue weighted by molar-refractivity contribution is -0.116. The number of nitrogens with one attached hydrogen (secondary N) is 1. The first-order valence-electron chi connectivity index (χ1n) is 9.33. The van der Waals surface area contributed by atoms with Crippen LogP contribution < -0.4 is 14.8 Å². The maximum absolute atomic E-state index is 12.5. The van der Waals surface area contributed by atoms with Crippen LogP contribution in [0, 0.1) is 0 Å². The van der Waals surface area contributed by atoms with Gasteiger partial charge in [-0.3, -0.25) is 9.36 Å². The van der Waals surface area contributed by atoms with E-state index >= 15 is 0 Å². The summed E-state index contributed by atoms with van der Waals surface area (Å²) in [6.45, 7) is 0. The Kier molecular flexibility index (Phi) is 5.14. The Morgan fingerprint density at radius 3 is 2.53 bits per heavy atom. The molecule has 3 aromatic rings. The third-order valence-electron chi connectivity index (χ3n) is 5.15. The Hall–Kier alpha value is -3.81. The molecule has 4 rings (SSSR count). The highest BCUT2D eigenvalue weighted by Gasteiger charge is 2.31. The summed E-state index contributed by atoms with van der Waals surface area (Å²) in [4.78, 5) is 28.8. The van der Waals surface area contributed by atoms with E-state index in [-0.39, 0.29) is 18.2 Å². The highest BCUT2D eigenvalue weighted by molar-refractivity contribution is 5.94. The summed E-state index contributed by atoms with van der Waals surface area (Å²) < 4.78 is 17.3. The number of esters is 1. The van der Waals surface area contributed by atoms with Crippen LogP contribution >= 0.6 is 0 Å². The van der Waals surface area contributed by atoms with E-state index in [9.17, 15) is 9.59 Å². The average molecular weight is 407 g/mol. The molecule has 0 saturated carbocycles. The van der Waals surface area contributed by atoms with E-state index in [1.807, 2.05) is 18.2 Å². The Morgan fingerprint density at radius 2 is 1.87 bits per heavy atom. The van der Waals surface area contributed by atoms with Crippen molar-refractivity contribution in [2.24, 2.45) is 0 Å². The number of hydrogen-bond acceptors (Lipinski definition) is 6. The van der Waals surface area contributed by atoms with E-state index in [4.69, 9.17) is 14.2 Å². The van der Waals surface area contributed by atoms with Crippen molar-refractivity contribution < 1.29 is 23.8 Å². The Morgan fingerprint density at radius 1 is 1.10 bits per heavy atom. The van der Waals surface area contributed by atoms with E-state index in [0.29, 0.717) is 28.6 Å². The minimum Gasteiger partial charge on any atom is -0.497 e. The van der Waals surface area contributed by atoms with Gasteiger partial charge in [-0.15, -0.1) is 0 Å². The predicted molar refractivity (Wildman–Crippen MR) is 110 cm³/mol. The van der Waals surface area contributed by atoms with E-state index in [1.165, 1.54) is 7.11 Å². The summed E-state index contributed by atoms with van der Waals surface area (Å²) in [5.41, 5.74) is 2.79. The van der Waals surface area contributed by atoms with Crippen molar-refractivity contribution in [3.05, 3.63) is 65.6 Å². The van der Waals surface area contributed by atoms with Crippen LogP contribution in [0.2, 0.25) is 0 Å². The molecule has 1 aliphatic rings. The molecule has 0 spiro atoms. The molecular weight excluding hydrogens is 386 g/mol. The molecule has 0 aliphatic carbocycles. The smallest absolute Gasteiger partial charge is 0.337 e. The summed E-state index contributed by atoms with van der Waals surface area (Å²) in [5, 5.41) is 2.93. The fourth-order valence-electron chi connectivity index (χ4n) is 3.62. The van der Waals surface area contributed by atoms with Gasteiger partial charge in [0.25, 0.3) is 0 Å². The molecule has 8 heteroatoms. The number of carbonyl (C=O) groups excluding carboxylic acids is 2. The van der Waals surface area contributed by atoms with E-state index in [2.05, 4.69) is 10.3 Å². The summed E-state index contributed by atoms with van der Waals surface area (Å²) in [6, 6.07) is 12.5. The first-order valence-corrected chi connectivity index (χ1v) is 9.33. The number of aromatic nitrogens is 2. The summed E-state index contributed by atoms with van der Waals surface area (Å²) >= 11 is 0. The van der Waals surface area contributed by atoms with Crippen LogP contribution in [-0.4, -0.2) is 42.8 Å². The first-order chi connectivity index (χ1) is 14.5. The quantitative estimate of drug-likeness (QED) is 0.654. The molecule has 154 valence electrons. The molecule has 1 N–H and O–H groups in total. The number of anilines is 1. The summed E-state index contributed by atoms with van der Waals surface area (Å²) in [7, 11) is 4.51. The van der Waals surface area contributed by atoms with Crippen LogP contribution in [0.5, 0.6) is 11.5 Å². The molecule has 0 fully saturated rings. The molecular formula is C22H21N3O5. The number of fused-ring (bicyclic) bond motifs is 1. The van der Waals surface area contributed by atoms with E-state index < -0.39 is 5.97 Å². The van der Waals surface area contributed by atoms with Gasteiger partial charge in [-0.1, -0.05) is 12.1 Å². The molecule has 8 nitrogen and oxygen atoms in total. The van der Waals surface area contributed by atoms with Crippen molar-refractivity contribution in [1.29, 1.82) is 0 Å². The van der Waals surface area contributed by atoms with Gasteiger partial charge in [0.15, 0.2) is 0 Å². The van der Waals surface area contributed by atoms with Crippen LogP contribution in [0.1, 0.15) is 34.0 Å². The molecule has 30 heavy (non-hydrogen) atoms. The lowest BCUT2D eigenvalue weighted by atomic mass is 9.89. The number of benzene rings is 2. The zero-order chi connectivity index (χ0) is 21.3.